The minimum Gasteiger partial charge on any atom is -0.496 e. The summed E-state index contributed by atoms with van der Waals surface area (Å²) in [4.78, 5) is 55.2. The van der Waals surface area contributed by atoms with Crippen molar-refractivity contribution < 1.29 is 50.2 Å². The van der Waals surface area contributed by atoms with E-state index in [1.54, 1.807) is 33.1 Å². The van der Waals surface area contributed by atoms with E-state index in [1.807, 2.05) is 36.6 Å². The molecule has 4 aliphatic rings. The Kier molecular flexibility index (Phi) is 12.8. The molecule has 354 valence electrons. The second-order valence-corrected chi connectivity index (χ2v) is 21.6. The van der Waals surface area contributed by atoms with Gasteiger partial charge in [-0.1, -0.05) is 38.8 Å². The zero-order valence-electron chi connectivity index (χ0n) is 37.7. The van der Waals surface area contributed by atoms with Crippen LogP contribution in [-0.2, 0) is 24.4 Å². The molecule has 1 saturated heterocycles. The van der Waals surface area contributed by atoms with Crippen molar-refractivity contribution in [3.05, 3.63) is 70.8 Å². The van der Waals surface area contributed by atoms with Gasteiger partial charge in [0.25, 0.3) is 5.91 Å². The van der Waals surface area contributed by atoms with Gasteiger partial charge < -0.3 is 29.7 Å². The summed E-state index contributed by atoms with van der Waals surface area (Å²) in [5, 5.41) is 9.39. The molecule has 3 N–H and O–H groups in total. The van der Waals surface area contributed by atoms with E-state index < -0.39 is 74.2 Å². The zero-order chi connectivity index (χ0) is 47.3. The van der Waals surface area contributed by atoms with Crippen molar-refractivity contribution in [1.82, 2.24) is 24.9 Å². The first-order valence-corrected chi connectivity index (χ1v) is 24.7. The molecule has 2 aliphatic carbocycles. The van der Waals surface area contributed by atoms with E-state index in [-0.39, 0.29) is 37.4 Å². The third-order valence-electron chi connectivity index (χ3n) is 13.1. The molecule has 4 heterocycles. The average molecular weight is 953 g/mol. The van der Waals surface area contributed by atoms with Crippen molar-refractivity contribution in [2.75, 3.05) is 19.0 Å². The van der Waals surface area contributed by atoms with Gasteiger partial charge in [0, 0.05) is 46.5 Å². The second-order valence-electron chi connectivity index (χ2n) is 18.5. The van der Waals surface area contributed by atoms with Gasteiger partial charge in [-0.05, 0) is 95.0 Å². The van der Waals surface area contributed by atoms with Crippen molar-refractivity contribution in [3.63, 3.8) is 0 Å². The number of carbonyl (C=O) groups is 3. The first-order chi connectivity index (χ1) is 31.2. The fourth-order valence-corrected chi connectivity index (χ4v) is 11.1. The first kappa shape index (κ1) is 47.1. The summed E-state index contributed by atoms with van der Waals surface area (Å²) >= 11 is 1.45. The summed E-state index contributed by atoms with van der Waals surface area (Å²) in [5.41, 5.74) is 1.91. The number of thiazole rings is 1. The standard InChI is InChI=1S/C47H55F3N6O8S2/c1-26(2)36-25-65-42(53-36)35-22-39(33-14-15-38(62-6)28(4)40(33)52-35)63-32-21-37-41(57)54-46(44(59)55-66(60,61)45(5)16-17-45)23-29(46)12-10-8-7-9-11-13-34(43(58)56(37)24-32)51-30-18-27(3)19-31(20-30)64-47(48,49)50/h10,12,14-15,18-20,22,25-26,29,32,34,37,51H,7-9,11,13,16-17,21,23-24H2,1-6H3,(H,54,57)(H,55,59)/b12-10-/t29-,32-,34+,37+,46-/m1/s1. The number of benzene rings is 2. The Balaban J connectivity index is 1.16. The molecule has 4 aromatic rings. The molecule has 3 fully saturated rings. The predicted molar refractivity (Wildman–Crippen MR) is 244 cm³/mol. The number of carbonyl (C=O) groups excluding carboxylic acids is 3. The highest BCUT2D eigenvalue weighted by atomic mass is 32.2. The van der Waals surface area contributed by atoms with Gasteiger partial charge in [-0.15, -0.1) is 24.5 Å². The lowest BCUT2D eigenvalue weighted by Gasteiger charge is -2.30. The van der Waals surface area contributed by atoms with Crippen molar-refractivity contribution in [3.8, 4) is 28.0 Å². The third-order valence-corrected chi connectivity index (χ3v) is 16.1. The monoisotopic (exact) mass is 952 g/mol. The van der Waals surface area contributed by atoms with Gasteiger partial charge in [-0.2, -0.15) is 0 Å². The fraction of sp³-hybridized carbons (Fsp3) is 0.511. The van der Waals surface area contributed by atoms with Gasteiger partial charge in [0.1, 0.15) is 51.7 Å². The van der Waals surface area contributed by atoms with Crippen LogP contribution in [0.3, 0.4) is 0 Å². The Bertz CT molecular complexity index is 2690. The van der Waals surface area contributed by atoms with Gasteiger partial charge >= 0.3 is 6.36 Å². The number of halogens is 3. The summed E-state index contributed by atoms with van der Waals surface area (Å²) in [7, 11) is -2.49. The lowest BCUT2D eigenvalue weighted by atomic mass is 10.0. The van der Waals surface area contributed by atoms with E-state index >= 15 is 4.79 Å². The quantitative estimate of drug-likeness (QED) is 0.123. The molecule has 14 nitrogen and oxygen atoms in total. The van der Waals surface area contributed by atoms with Gasteiger partial charge in [-0.25, -0.2) is 18.4 Å². The SMILES string of the molecule is COc1ccc2c(O[C@@H]3C[C@H]4C(=O)N[C@]5(C(=O)NS(=O)(=O)C6(C)CC6)C[C@H]5/C=C\CCCCC[C@H](Nc5cc(C)cc(OC(F)(F)F)c5)C(=O)N4C3)cc(-c3nc(C(C)C)cs3)nc2c1C. The molecule has 8 rings (SSSR count). The van der Waals surface area contributed by atoms with E-state index in [0.29, 0.717) is 70.8 Å². The zero-order valence-corrected chi connectivity index (χ0v) is 39.3. The van der Waals surface area contributed by atoms with E-state index in [4.69, 9.17) is 19.4 Å². The maximum atomic E-state index is 15.1. The smallest absolute Gasteiger partial charge is 0.496 e. The molecule has 0 unspecified atom stereocenters. The maximum absolute atomic E-state index is 15.1. The summed E-state index contributed by atoms with van der Waals surface area (Å²) < 4.78 is 84.6. The van der Waals surface area contributed by atoms with Crippen molar-refractivity contribution in [2.45, 2.75) is 133 Å². The van der Waals surface area contributed by atoms with Gasteiger partial charge in [-0.3, -0.25) is 19.1 Å². The van der Waals surface area contributed by atoms with Crippen LogP contribution in [0.15, 0.2) is 53.9 Å². The van der Waals surface area contributed by atoms with Crippen molar-refractivity contribution >= 4 is 55.7 Å². The second kappa shape index (κ2) is 18.0. The number of aryl methyl sites for hydroxylation is 2. The Morgan fingerprint density at radius 2 is 1.82 bits per heavy atom. The lowest BCUT2D eigenvalue weighted by molar-refractivity contribution is -0.274. The molecule has 0 bridgehead atoms. The Morgan fingerprint density at radius 1 is 1.05 bits per heavy atom. The number of hydrogen-bond acceptors (Lipinski definition) is 12. The third kappa shape index (κ3) is 9.82. The number of nitrogens with one attached hydrogen (secondary N) is 3. The van der Waals surface area contributed by atoms with Crippen LogP contribution < -0.4 is 29.6 Å². The summed E-state index contributed by atoms with van der Waals surface area (Å²) in [5.74, 6) is -1.76. The topological polar surface area (TPSA) is 178 Å². The first-order valence-electron chi connectivity index (χ1n) is 22.3. The number of rotatable bonds is 11. The molecule has 2 saturated carbocycles. The molecule has 19 heteroatoms. The van der Waals surface area contributed by atoms with E-state index in [9.17, 15) is 31.2 Å². The minimum absolute atomic E-state index is 0.0179. The molecule has 2 aromatic carbocycles. The number of amides is 3. The van der Waals surface area contributed by atoms with Crippen LogP contribution in [0, 0.1) is 19.8 Å². The number of allylic oxidation sites excluding steroid dienone is 1. The Morgan fingerprint density at radius 3 is 2.52 bits per heavy atom. The molecule has 0 spiro atoms. The fourth-order valence-electron chi connectivity index (χ4n) is 8.83. The van der Waals surface area contributed by atoms with Crippen LogP contribution in [0.1, 0.15) is 101 Å². The van der Waals surface area contributed by atoms with E-state index in [1.165, 1.54) is 28.4 Å². The Labute approximate surface area is 386 Å². The van der Waals surface area contributed by atoms with Crippen LogP contribution in [0.2, 0.25) is 0 Å². The van der Waals surface area contributed by atoms with E-state index in [2.05, 4.69) is 33.9 Å². The number of alkyl halides is 3. The number of pyridine rings is 1. The summed E-state index contributed by atoms with van der Waals surface area (Å²) in [6.45, 7) is 9.09. The largest absolute Gasteiger partial charge is 0.573 e. The van der Waals surface area contributed by atoms with Crippen molar-refractivity contribution in [1.29, 1.82) is 0 Å². The predicted octanol–water partition coefficient (Wildman–Crippen LogP) is 8.23. The number of methoxy groups -OCH3 is 1. The van der Waals surface area contributed by atoms with Crippen molar-refractivity contribution in [2.24, 2.45) is 5.92 Å². The minimum atomic E-state index is -4.94. The molecule has 5 atom stereocenters. The number of ether oxygens (including phenoxy) is 3. The number of aromatic nitrogens is 2. The molecule has 0 radical (unpaired) electrons. The molecular weight excluding hydrogens is 898 g/mol. The van der Waals surface area contributed by atoms with Crippen LogP contribution in [-0.4, -0.2) is 89.5 Å². The highest BCUT2D eigenvalue weighted by Crippen LogP contribution is 2.48. The Hall–Kier alpha value is -5.43. The van der Waals surface area contributed by atoms with Crippen LogP contribution in [0.4, 0.5) is 18.9 Å². The summed E-state index contributed by atoms with van der Waals surface area (Å²) in [6.07, 6.45) is 1.87. The number of nitrogens with zero attached hydrogens (tertiary/aromatic N) is 3. The molecule has 66 heavy (non-hydrogen) atoms. The maximum Gasteiger partial charge on any atom is 0.573 e. The molecule has 3 amide bonds. The molecule has 2 aliphatic heterocycles. The molecular formula is C47H55F3N6O8S2. The number of hydrogen-bond donors (Lipinski definition) is 3. The lowest BCUT2D eigenvalue weighted by Crippen LogP contribution is -2.58. The van der Waals surface area contributed by atoms with Gasteiger partial charge in [0.15, 0.2) is 0 Å². The van der Waals surface area contributed by atoms with Gasteiger partial charge in [0.2, 0.25) is 21.8 Å². The highest BCUT2D eigenvalue weighted by molar-refractivity contribution is 7.91. The normalized spacial score (nSPS) is 24.9. The summed E-state index contributed by atoms with van der Waals surface area (Å²) in [6, 6.07) is 7.26. The van der Waals surface area contributed by atoms with E-state index in [0.717, 1.165) is 17.7 Å². The highest BCUT2D eigenvalue weighted by Gasteiger charge is 2.63. The van der Waals surface area contributed by atoms with Crippen LogP contribution >= 0.6 is 11.3 Å². The van der Waals surface area contributed by atoms with Crippen LogP contribution in [0.25, 0.3) is 21.6 Å². The number of sulfonamides is 1. The van der Waals surface area contributed by atoms with Gasteiger partial charge in [0.05, 0.1) is 29.6 Å². The number of anilines is 1. The van der Waals surface area contributed by atoms with Crippen LogP contribution in [0.5, 0.6) is 17.2 Å². The average Bonchev–Trinajstić information content (AvgIpc) is 4.01. The number of fused-ring (bicyclic) bond motifs is 3. The molecule has 2 aromatic heterocycles.